The number of amides is 2. The molecule has 0 spiro atoms. The van der Waals surface area contributed by atoms with Gasteiger partial charge >= 0.3 is 6.36 Å². The van der Waals surface area contributed by atoms with E-state index in [4.69, 9.17) is 16.7 Å². The summed E-state index contributed by atoms with van der Waals surface area (Å²) in [5, 5.41) is 25.1. The van der Waals surface area contributed by atoms with E-state index in [1.807, 2.05) is 6.07 Å². The van der Waals surface area contributed by atoms with E-state index in [2.05, 4.69) is 20.6 Å². The van der Waals surface area contributed by atoms with Crippen molar-refractivity contribution in [3.05, 3.63) is 94.0 Å². The van der Waals surface area contributed by atoms with Crippen LogP contribution in [0.25, 0.3) is 0 Å². The van der Waals surface area contributed by atoms with Crippen molar-refractivity contribution in [1.29, 1.82) is 0 Å². The number of carbonyl (C=O) groups is 2. The molecular weight excluding hydrogens is 559 g/mol. The van der Waals surface area contributed by atoms with Gasteiger partial charge in [0, 0.05) is 22.1 Å². The van der Waals surface area contributed by atoms with Gasteiger partial charge in [-0.25, -0.2) is 5.43 Å². The van der Waals surface area contributed by atoms with Crippen LogP contribution in [0.3, 0.4) is 0 Å². The number of nitrogens with zero attached hydrogens (tertiary/aromatic N) is 1. The average Bonchev–Trinajstić information content (AvgIpc) is 2.89. The summed E-state index contributed by atoms with van der Waals surface area (Å²) in [6, 6.07) is 16.0. The topological polar surface area (TPSA) is 120 Å². The van der Waals surface area contributed by atoms with Crippen LogP contribution >= 0.6 is 23.4 Å². The number of aliphatic hydroxyl groups is 2. The molecule has 0 aliphatic rings. The number of carbonyl (C=O) groups excluding carboxylic acids is 2. The zero-order valence-corrected chi connectivity index (χ0v) is 21.7. The summed E-state index contributed by atoms with van der Waals surface area (Å²) in [5.41, 5.74) is 4.08. The standard InChI is InChI=1S/C26H23ClF3N3O5S/c27-19-6-9-23(32-24(36)18-3-1-2-17(10-18)14-39-15-20(35)13-34)22(11-19)25(37)33-31-12-16-4-7-21(8-5-16)38-26(28,29)30/h1-12,20,34-35H,13-15H2,(H,32,36)(H,33,37). The summed E-state index contributed by atoms with van der Waals surface area (Å²) in [7, 11) is 0. The van der Waals surface area contributed by atoms with Crippen LogP contribution in [-0.2, 0) is 5.75 Å². The molecular formula is C26H23ClF3N3O5S. The number of aliphatic hydroxyl groups excluding tert-OH is 2. The van der Waals surface area contributed by atoms with Gasteiger partial charge in [-0.05, 0) is 65.7 Å². The SMILES string of the molecule is O=C(Nc1ccc(Cl)cc1C(=O)NN=Cc1ccc(OC(F)(F)F)cc1)c1cccc(CSCC(O)CO)c1. The number of hydrazone groups is 1. The Balaban J connectivity index is 1.65. The molecule has 0 aliphatic carbocycles. The lowest BCUT2D eigenvalue weighted by molar-refractivity contribution is -0.274. The molecule has 0 bridgehead atoms. The Morgan fingerprint density at radius 3 is 2.51 bits per heavy atom. The number of anilines is 1. The summed E-state index contributed by atoms with van der Waals surface area (Å²) in [6.07, 6.45) is -4.40. The molecule has 8 nitrogen and oxygen atoms in total. The number of alkyl halides is 3. The highest BCUT2D eigenvalue weighted by atomic mass is 35.5. The van der Waals surface area contributed by atoms with Gasteiger partial charge in [-0.15, -0.1) is 13.2 Å². The van der Waals surface area contributed by atoms with E-state index in [9.17, 15) is 27.9 Å². The van der Waals surface area contributed by atoms with Crippen molar-refractivity contribution in [3.63, 3.8) is 0 Å². The van der Waals surface area contributed by atoms with E-state index in [0.717, 1.165) is 17.7 Å². The van der Waals surface area contributed by atoms with Crippen LogP contribution in [0.1, 0.15) is 31.8 Å². The van der Waals surface area contributed by atoms with E-state index in [-0.39, 0.29) is 22.9 Å². The quantitative estimate of drug-likeness (QED) is 0.190. The van der Waals surface area contributed by atoms with Gasteiger partial charge in [0.1, 0.15) is 5.75 Å². The molecule has 3 rings (SSSR count). The Hall–Kier alpha value is -3.58. The lowest BCUT2D eigenvalue weighted by atomic mass is 10.1. The molecule has 0 radical (unpaired) electrons. The minimum absolute atomic E-state index is 0.0339. The third kappa shape index (κ3) is 9.91. The van der Waals surface area contributed by atoms with Crippen LogP contribution in [0.5, 0.6) is 5.75 Å². The lowest BCUT2D eigenvalue weighted by Crippen LogP contribution is -2.21. The predicted molar refractivity (Wildman–Crippen MR) is 143 cm³/mol. The van der Waals surface area contributed by atoms with E-state index in [0.29, 0.717) is 22.6 Å². The van der Waals surface area contributed by atoms with Gasteiger partial charge < -0.3 is 20.3 Å². The van der Waals surface area contributed by atoms with Crippen LogP contribution in [0.2, 0.25) is 5.02 Å². The second-order valence-corrected chi connectivity index (χ2v) is 9.48. The van der Waals surface area contributed by atoms with Gasteiger partial charge in [0.15, 0.2) is 0 Å². The van der Waals surface area contributed by atoms with Crippen molar-refractivity contribution in [2.45, 2.75) is 18.2 Å². The Kier molecular flexibility index (Phi) is 10.8. The first kappa shape index (κ1) is 30.0. The maximum atomic E-state index is 12.9. The molecule has 1 atom stereocenters. The third-order valence-corrected chi connectivity index (χ3v) is 6.34. The number of halogens is 4. The van der Waals surface area contributed by atoms with Crippen molar-refractivity contribution < 1.29 is 37.7 Å². The lowest BCUT2D eigenvalue weighted by Gasteiger charge is -2.12. The number of thioether (sulfide) groups is 1. The Labute approximate surface area is 230 Å². The first-order valence-electron chi connectivity index (χ1n) is 11.3. The highest BCUT2D eigenvalue weighted by molar-refractivity contribution is 7.98. The smallest absolute Gasteiger partial charge is 0.406 e. The van der Waals surface area contributed by atoms with Crippen LogP contribution < -0.4 is 15.5 Å². The number of ether oxygens (including phenoxy) is 1. The van der Waals surface area contributed by atoms with Gasteiger partial charge in [-0.2, -0.15) is 16.9 Å². The van der Waals surface area contributed by atoms with E-state index >= 15 is 0 Å². The molecule has 0 aliphatic heterocycles. The highest BCUT2D eigenvalue weighted by Gasteiger charge is 2.30. The maximum Gasteiger partial charge on any atom is 0.573 e. The van der Waals surface area contributed by atoms with Gasteiger partial charge in [0.05, 0.1) is 30.2 Å². The number of rotatable bonds is 11. The van der Waals surface area contributed by atoms with Crippen LogP contribution in [0.15, 0.2) is 71.8 Å². The van der Waals surface area contributed by atoms with Crippen molar-refractivity contribution in [3.8, 4) is 5.75 Å². The van der Waals surface area contributed by atoms with Crippen LogP contribution in [0, 0.1) is 0 Å². The molecule has 0 aromatic heterocycles. The molecule has 2 amide bonds. The Morgan fingerprint density at radius 2 is 1.82 bits per heavy atom. The molecule has 0 heterocycles. The summed E-state index contributed by atoms with van der Waals surface area (Å²) in [5.74, 6) is -0.695. The van der Waals surface area contributed by atoms with Gasteiger partial charge in [0.2, 0.25) is 0 Å². The molecule has 0 saturated carbocycles. The molecule has 0 fully saturated rings. The fraction of sp³-hybridized carbons (Fsp3) is 0.192. The number of hydrogen-bond acceptors (Lipinski definition) is 7. The molecule has 3 aromatic rings. The zero-order valence-electron chi connectivity index (χ0n) is 20.1. The summed E-state index contributed by atoms with van der Waals surface area (Å²) in [6.45, 7) is -0.328. The van der Waals surface area contributed by atoms with Crippen LogP contribution in [-0.4, -0.2) is 53.1 Å². The molecule has 39 heavy (non-hydrogen) atoms. The largest absolute Gasteiger partial charge is 0.573 e. The van der Waals surface area contributed by atoms with Crippen molar-refractivity contribution in [2.75, 3.05) is 17.7 Å². The molecule has 4 N–H and O–H groups in total. The molecule has 3 aromatic carbocycles. The first-order valence-corrected chi connectivity index (χ1v) is 12.8. The number of hydrogen-bond donors (Lipinski definition) is 4. The second-order valence-electron chi connectivity index (χ2n) is 8.01. The fourth-order valence-corrected chi connectivity index (χ4v) is 4.24. The maximum absolute atomic E-state index is 12.9. The van der Waals surface area contributed by atoms with Crippen molar-refractivity contribution >= 4 is 47.1 Å². The second kappa shape index (κ2) is 14.0. The molecule has 0 saturated heterocycles. The van der Waals surface area contributed by atoms with Crippen LogP contribution in [0.4, 0.5) is 18.9 Å². The first-order chi connectivity index (χ1) is 18.5. The Bertz CT molecular complexity index is 1320. The minimum atomic E-state index is -4.80. The van der Waals surface area contributed by atoms with Crippen molar-refractivity contribution in [2.24, 2.45) is 5.10 Å². The third-order valence-electron chi connectivity index (χ3n) is 4.95. The molecule has 206 valence electrons. The van der Waals surface area contributed by atoms with E-state index in [1.165, 1.54) is 48.3 Å². The number of benzene rings is 3. The van der Waals surface area contributed by atoms with Gasteiger partial charge in [-0.1, -0.05) is 23.7 Å². The fourth-order valence-electron chi connectivity index (χ4n) is 3.16. The number of nitrogens with one attached hydrogen (secondary N) is 2. The Morgan fingerprint density at radius 1 is 1.08 bits per heavy atom. The minimum Gasteiger partial charge on any atom is -0.406 e. The van der Waals surface area contributed by atoms with Gasteiger partial charge in [0.25, 0.3) is 11.8 Å². The highest BCUT2D eigenvalue weighted by Crippen LogP contribution is 2.24. The molecule has 13 heteroatoms. The average molecular weight is 582 g/mol. The normalized spacial score (nSPS) is 12.3. The van der Waals surface area contributed by atoms with Crippen molar-refractivity contribution in [1.82, 2.24) is 5.43 Å². The monoisotopic (exact) mass is 581 g/mol. The van der Waals surface area contributed by atoms with Gasteiger partial charge in [-0.3, -0.25) is 9.59 Å². The summed E-state index contributed by atoms with van der Waals surface area (Å²) in [4.78, 5) is 25.7. The zero-order chi connectivity index (χ0) is 28.4. The van der Waals surface area contributed by atoms with E-state index < -0.39 is 30.0 Å². The van der Waals surface area contributed by atoms with E-state index in [1.54, 1.807) is 18.2 Å². The predicted octanol–water partition coefficient (Wildman–Crippen LogP) is 4.84. The summed E-state index contributed by atoms with van der Waals surface area (Å²) >= 11 is 7.45. The summed E-state index contributed by atoms with van der Waals surface area (Å²) < 4.78 is 40.6. The molecule has 1 unspecified atom stereocenters.